The Morgan fingerprint density at radius 3 is 2.41 bits per heavy atom. The molecule has 0 saturated heterocycles. The van der Waals surface area contributed by atoms with Crippen molar-refractivity contribution in [1.29, 1.82) is 0 Å². The molecule has 0 radical (unpaired) electrons. The molecule has 2 atom stereocenters. The van der Waals surface area contributed by atoms with Gasteiger partial charge in [0.25, 0.3) is 0 Å². The predicted octanol–water partition coefficient (Wildman–Crippen LogP) is -0.131. The average molecular weight is 242 g/mol. The third kappa shape index (κ3) is 4.42. The lowest BCUT2D eigenvalue weighted by Crippen LogP contribution is -2.31. The zero-order valence-electron chi connectivity index (χ0n) is 9.65. The Bertz CT molecular complexity index is 317. The maximum absolute atomic E-state index is 11.6. The summed E-state index contributed by atoms with van der Waals surface area (Å²) >= 11 is 0. The van der Waals surface area contributed by atoms with Gasteiger partial charge < -0.3 is 16.2 Å². The molecule has 1 saturated carbocycles. The lowest BCUT2D eigenvalue weighted by molar-refractivity contribution is -0.141. The molecule has 6 heteroatoms. The van der Waals surface area contributed by atoms with E-state index in [1.807, 2.05) is 0 Å². The molecule has 0 aromatic carbocycles. The summed E-state index contributed by atoms with van der Waals surface area (Å²) in [6.45, 7) is 0.413. The number of carboxylic acid groups (broad SMARTS) is 1. The minimum absolute atomic E-state index is 0.113. The smallest absolute Gasteiger partial charge is 0.306 e. The second-order valence-corrected chi connectivity index (χ2v) is 4.41. The first kappa shape index (κ1) is 13.5. The first-order chi connectivity index (χ1) is 8.00. The van der Waals surface area contributed by atoms with Crippen LogP contribution < -0.4 is 11.1 Å². The standard InChI is InChI=1S/C11H18N2O4/c12-9(14)2-1-5-13-10(15)7-3-4-8(6-7)11(16)17/h7-8H,1-6H2,(H2,12,14)(H,13,15)(H,16,17)/t7-,8+/m1/s1. The first-order valence-electron chi connectivity index (χ1n) is 5.79. The van der Waals surface area contributed by atoms with Crippen molar-refractivity contribution in [2.24, 2.45) is 17.6 Å². The topological polar surface area (TPSA) is 109 Å². The van der Waals surface area contributed by atoms with Gasteiger partial charge in [-0.15, -0.1) is 0 Å². The normalized spacial score (nSPS) is 23.3. The summed E-state index contributed by atoms with van der Waals surface area (Å²) in [5.41, 5.74) is 4.97. The van der Waals surface area contributed by atoms with E-state index in [1.54, 1.807) is 0 Å². The van der Waals surface area contributed by atoms with Gasteiger partial charge in [0.1, 0.15) is 0 Å². The zero-order valence-corrected chi connectivity index (χ0v) is 9.65. The van der Waals surface area contributed by atoms with Gasteiger partial charge in [0.15, 0.2) is 0 Å². The Hall–Kier alpha value is -1.59. The fraction of sp³-hybridized carbons (Fsp3) is 0.727. The van der Waals surface area contributed by atoms with Crippen LogP contribution in [0.5, 0.6) is 0 Å². The lowest BCUT2D eigenvalue weighted by Gasteiger charge is -2.10. The van der Waals surface area contributed by atoms with Crippen molar-refractivity contribution in [3.8, 4) is 0 Å². The van der Waals surface area contributed by atoms with Crippen LogP contribution in [0, 0.1) is 11.8 Å². The van der Waals surface area contributed by atoms with Gasteiger partial charge in [-0.3, -0.25) is 14.4 Å². The third-order valence-electron chi connectivity index (χ3n) is 3.05. The number of rotatable bonds is 6. The highest BCUT2D eigenvalue weighted by Gasteiger charge is 2.33. The molecular formula is C11H18N2O4. The molecule has 4 N–H and O–H groups in total. The minimum atomic E-state index is -0.825. The van der Waals surface area contributed by atoms with Crippen molar-refractivity contribution in [1.82, 2.24) is 5.32 Å². The number of aliphatic carboxylic acids is 1. The van der Waals surface area contributed by atoms with Crippen molar-refractivity contribution < 1.29 is 19.5 Å². The molecule has 1 aliphatic rings. The van der Waals surface area contributed by atoms with E-state index < -0.39 is 11.9 Å². The molecule has 0 aliphatic heterocycles. The molecule has 0 bridgehead atoms. The van der Waals surface area contributed by atoms with Gasteiger partial charge in [-0.2, -0.15) is 0 Å². The number of primary amides is 1. The Kier molecular flexibility index (Phi) is 4.93. The van der Waals surface area contributed by atoms with E-state index in [2.05, 4.69) is 5.32 Å². The summed E-state index contributed by atoms with van der Waals surface area (Å²) in [5, 5.41) is 11.5. The van der Waals surface area contributed by atoms with Gasteiger partial charge in [-0.25, -0.2) is 0 Å². The average Bonchev–Trinajstić information content (AvgIpc) is 2.73. The zero-order chi connectivity index (χ0) is 12.8. The number of hydrogen-bond acceptors (Lipinski definition) is 3. The number of carbonyl (C=O) groups is 3. The number of hydrogen-bond donors (Lipinski definition) is 3. The third-order valence-corrected chi connectivity index (χ3v) is 3.05. The van der Waals surface area contributed by atoms with Crippen LogP contribution in [0.15, 0.2) is 0 Å². The Labute approximate surface area is 99.6 Å². The molecule has 17 heavy (non-hydrogen) atoms. The molecule has 0 heterocycles. The number of carboxylic acids is 1. The molecule has 0 aromatic heterocycles. The molecule has 0 spiro atoms. The fourth-order valence-corrected chi connectivity index (χ4v) is 2.06. The number of nitrogens with one attached hydrogen (secondary N) is 1. The van der Waals surface area contributed by atoms with Crippen LogP contribution >= 0.6 is 0 Å². The Morgan fingerprint density at radius 2 is 1.88 bits per heavy atom. The van der Waals surface area contributed by atoms with Crippen molar-refractivity contribution in [3.05, 3.63) is 0 Å². The Morgan fingerprint density at radius 1 is 1.24 bits per heavy atom. The van der Waals surface area contributed by atoms with Crippen LogP contribution in [0.25, 0.3) is 0 Å². The molecule has 0 aromatic rings. The number of carbonyl (C=O) groups excluding carboxylic acids is 2. The minimum Gasteiger partial charge on any atom is -0.481 e. The van der Waals surface area contributed by atoms with E-state index in [1.165, 1.54) is 0 Å². The summed E-state index contributed by atoms with van der Waals surface area (Å²) in [4.78, 5) is 32.8. The van der Waals surface area contributed by atoms with Crippen LogP contribution in [-0.2, 0) is 14.4 Å². The van der Waals surface area contributed by atoms with Crippen LogP contribution in [-0.4, -0.2) is 29.4 Å². The molecule has 0 unspecified atom stereocenters. The van der Waals surface area contributed by atoms with Crippen molar-refractivity contribution in [3.63, 3.8) is 0 Å². The van der Waals surface area contributed by atoms with E-state index >= 15 is 0 Å². The highest BCUT2D eigenvalue weighted by molar-refractivity contribution is 5.80. The highest BCUT2D eigenvalue weighted by Crippen LogP contribution is 2.30. The molecule has 1 fully saturated rings. The van der Waals surface area contributed by atoms with Gasteiger partial charge in [0.05, 0.1) is 5.92 Å². The van der Waals surface area contributed by atoms with Crippen LogP contribution in [0.2, 0.25) is 0 Å². The van der Waals surface area contributed by atoms with Crippen LogP contribution in [0.1, 0.15) is 32.1 Å². The second-order valence-electron chi connectivity index (χ2n) is 4.41. The van der Waals surface area contributed by atoms with Gasteiger partial charge in [0, 0.05) is 18.9 Å². The summed E-state index contributed by atoms with van der Waals surface area (Å²) in [7, 11) is 0. The maximum Gasteiger partial charge on any atom is 0.306 e. The molecule has 1 rings (SSSR count). The van der Waals surface area contributed by atoms with Crippen LogP contribution in [0.3, 0.4) is 0 Å². The number of amides is 2. The largest absolute Gasteiger partial charge is 0.481 e. The van der Waals surface area contributed by atoms with E-state index in [4.69, 9.17) is 10.8 Å². The summed E-state index contributed by atoms with van der Waals surface area (Å²) in [5.74, 6) is -1.92. The maximum atomic E-state index is 11.6. The van der Waals surface area contributed by atoms with Gasteiger partial charge in [0.2, 0.25) is 11.8 Å². The quantitative estimate of drug-likeness (QED) is 0.563. The summed E-state index contributed by atoms with van der Waals surface area (Å²) in [6.07, 6.45) is 2.38. The lowest BCUT2D eigenvalue weighted by atomic mass is 10.0. The van der Waals surface area contributed by atoms with Gasteiger partial charge in [-0.05, 0) is 25.7 Å². The number of nitrogens with two attached hydrogens (primary N) is 1. The monoisotopic (exact) mass is 242 g/mol. The summed E-state index contributed by atoms with van der Waals surface area (Å²) in [6, 6.07) is 0. The highest BCUT2D eigenvalue weighted by atomic mass is 16.4. The molecule has 1 aliphatic carbocycles. The molecular weight excluding hydrogens is 224 g/mol. The van der Waals surface area contributed by atoms with Crippen molar-refractivity contribution >= 4 is 17.8 Å². The molecule has 6 nitrogen and oxygen atoms in total. The van der Waals surface area contributed by atoms with E-state index in [0.717, 1.165) is 0 Å². The van der Waals surface area contributed by atoms with E-state index in [0.29, 0.717) is 32.2 Å². The van der Waals surface area contributed by atoms with Crippen molar-refractivity contribution in [2.45, 2.75) is 32.1 Å². The molecule has 96 valence electrons. The fourth-order valence-electron chi connectivity index (χ4n) is 2.06. The summed E-state index contributed by atoms with van der Waals surface area (Å²) < 4.78 is 0. The molecule has 2 amide bonds. The second kappa shape index (κ2) is 6.22. The SMILES string of the molecule is NC(=O)CCCNC(=O)[C@@H]1CC[C@H](C(=O)O)C1. The van der Waals surface area contributed by atoms with Crippen molar-refractivity contribution in [2.75, 3.05) is 6.54 Å². The van der Waals surface area contributed by atoms with E-state index in [-0.39, 0.29) is 24.2 Å². The van der Waals surface area contributed by atoms with E-state index in [9.17, 15) is 14.4 Å². The van der Waals surface area contributed by atoms with Gasteiger partial charge in [-0.1, -0.05) is 0 Å². The Balaban J connectivity index is 2.21. The van der Waals surface area contributed by atoms with Crippen LogP contribution in [0.4, 0.5) is 0 Å². The predicted molar refractivity (Wildman–Crippen MR) is 59.9 cm³/mol. The first-order valence-corrected chi connectivity index (χ1v) is 5.79. The van der Waals surface area contributed by atoms with Gasteiger partial charge >= 0.3 is 5.97 Å².